The molecular formula is C32H63NO3. The SMILES string of the molecule is CCCCCCCCCCCCCCCCC(CCNC(=O)CCCCCCCCCCC)C(=O)O. The van der Waals surface area contributed by atoms with E-state index in [2.05, 4.69) is 19.2 Å². The number of aliphatic carboxylic acids is 1. The fraction of sp³-hybridized carbons (Fsp3) is 0.938. The van der Waals surface area contributed by atoms with Crippen molar-refractivity contribution in [3.05, 3.63) is 0 Å². The Hall–Kier alpha value is -1.06. The van der Waals surface area contributed by atoms with Crippen LogP contribution in [0.2, 0.25) is 0 Å². The van der Waals surface area contributed by atoms with Gasteiger partial charge in [0.2, 0.25) is 5.91 Å². The number of amides is 1. The molecular weight excluding hydrogens is 446 g/mol. The normalized spacial score (nSPS) is 12.1. The molecule has 0 bridgehead atoms. The van der Waals surface area contributed by atoms with E-state index in [1.165, 1.54) is 122 Å². The Balaban J connectivity index is 3.54. The minimum Gasteiger partial charge on any atom is -0.481 e. The highest BCUT2D eigenvalue weighted by Gasteiger charge is 2.16. The van der Waals surface area contributed by atoms with E-state index in [0.717, 1.165) is 32.1 Å². The molecule has 36 heavy (non-hydrogen) atoms. The van der Waals surface area contributed by atoms with Crippen LogP contribution >= 0.6 is 0 Å². The fourth-order valence-corrected chi connectivity index (χ4v) is 5.05. The summed E-state index contributed by atoms with van der Waals surface area (Å²) in [7, 11) is 0. The monoisotopic (exact) mass is 509 g/mol. The van der Waals surface area contributed by atoms with Crippen LogP contribution in [0.4, 0.5) is 0 Å². The van der Waals surface area contributed by atoms with Crippen molar-refractivity contribution in [1.82, 2.24) is 5.32 Å². The molecule has 0 saturated heterocycles. The van der Waals surface area contributed by atoms with Gasteiger partial charge >= 0.3 is 5.97 Å². The first kappa shape index (κ1) is 34.9. The summed E-state index contributed by atoms with van der Waals surface area (Å²) in [4.78, 5) is 23.6. The molecule has 0 aliphatic rings. The van der Waals surface area contributed by atoms with Crippen molar-refractivity contribution in [1.29, 1.82) is 0 Å². The molecule has 0 radical (unpaired) electrons. The average molecular weight is 510 g/mol. The molecule has 2 N–H and O–H groups in total. The molecule has 4 nitrogen and oxygen atoms in total. The fourth-order valence-electron chi connectivity index (χ4n) is 5.05. The third-order valence-electron chi connectivity index (χ3n) is 7.58. The first-order valence-corrected chi connectivity index (χ1v) is 16.1. The van der Waals surface area contributed by atoms with Gasteiger partial charge in [-0.1, -0.05) is 155 Å². The van der Waals surface area contributed by atoms with Gasteiger partial charge in [0.15, 0.2) is 0 Å². The molecule has 1 amide bonds. The van der Waals surface area contributed by atoms with Gasteiger partial charge in [-0.15, -0.1) is 0 Å². The van der Waals surface area contributed by atoms with Crippen molar-refractivity contribution in [3.8, 4) is 0 Å². The third-order valence-corrected chi connectivity index (χ3v) is 7.58. The lowest BCUT2D eigenvalue weighted by Gasteiger charge is -2.13. The van der Waals surface area contributed by atoms with Crippen LogP contribution < -0.4 is 5.32 Å². The second-order valence-corrected chi connectivity index (χ2v) is 11.1. The summed E-state index contributed by atoms with van der Waals surface area (Å²) < 4.78 is 0. The second kappa shape index (κ2) is 28.5. The Bertz CT molecular complexity index is 480. The van der Waals surface area contributed by atoms with Crippen LogP contribution in [-0.2, 0) is 9.59 Å². The zero-order valence-electron chi connectivity index (χ0n) is 24.4. The van der Waals surface area contributed by atoms with E-state index in [-0.39, 0.29) is 11.8 Å². The molecule has 0 heterocycles. The van der Waals surface area contributed by atoms with Crippen molar-refractivity contribution >= 4 is 11.9 Å². The molecule has 0 aromatic heterocycles. The molecule has 0 fully saturated rings. The predicted octanol–water partition coefficient (Wildman–Crippen LogP) is 9.99. The largest absolute Gasteiger partial charge is 0.481 e. The first-order chi connectivity index (χ1) is 17.6. The highest BCUT2D eigenvalue weighted by molar-refractivity contribution is 5.76. The van der Waals surface area contributed by atoms with Crippen LogP contribution in [0.15, 0.2) is 0 Å². The van der Waals surface area contributed by atoms with Gasteiger partial charge in [0.05, 0.1) is 5.92 Å². The lowest BCUT2D eigenvalue weighted by molar-refractivity contribution is -0.142. The van der Waals surface area contributed by atoms with Crippen molar-refractivity contribution in [3.63, 3.8) is 0 Å². The molecule has 0 saturated carbocycles. The van der Waals surface area contributed by atoms with E-state index in [1.807, 2.05) is 0 Å². The van der Waals surface area contributed by atoms with Crippen LogP contribution in [0.1, 0.15) is 181 Å². The van der Waals surface area contributed by atoms with Crippen molar-refractivity contribution in [2.24, 2.45) is 5.92 Å². The van der Waals surface area contributed by atoms with Crippen LogP contribution in [-0.4, -0.2) is 23.5 Å². The van der Waals surface area contributed by atoms with Crippen molar-refractivity contribution < 1.29 is 14.7 Å². The zero-order valence-corrected chi connectivity index (χ0v) is 24.4. The summed E-state index contributed by atoms with van der Waals surface area (Å²) in [6, 6.07) is 0. The number of rotatable bonds is 29. The molecule has 0 spiro atoms. The molecule has 0 aliphatic carbocycles. The van der Waals surface area contributed by atoms with Crippen LogP contribution in [0.25, 0.3) is 0 Å². The van der Waals surface area contributed by atoms with Crippen molar-refractivity contribution in [2.45, 2.75) is 181 Å². The molecule has 0 aliphatic heterocycles. The summed E-state index contributed by atoms with van der Waals surface area (Å²) >= 11 is 0. The number of hydrogen-bond acceptors (Lipinski definition) is 2. The van der Waals surface area contributed by atoms with Gasteiger partial charge in [0.25, 0.3) is 0 Å². The minimum absolute atomic E-state index is 0.0820. The smallest absolute Gasteiger partial charge is 0.306 e. The lowest BCUT2D eigenvalue weighted by Crippen LogP contribution is -2.27. The quantitative estimate of drug-likeness (QED) is 0.0985. The first-order valence-electron chi connectivity index (χ1n) is 16.1. The van der Waals surface area contributed by atoms with Gasteiger partial charge < -0.3 is 10.4 Å². The number of carbonyl (C=O) groups excluding carboxylic acids is 1. The highest BCUT2D eigenvalue weighted by atomic mass is 16.4. The molecule has 0 aromatic carbocycles. The topological polar surface area (TPSA) is 66.4 Å². The second-order valence-electron chi connectivity index (χ2n) is 11.1. The van der Waals surface area contributed by atoms with E-state index < -0.39 is 5.97 Å². The zero-order chi connectivity index (χ0) is 26.5. The Kier molecular flexibility index (Phi) is 27.7. The number of hydrogen-bond donors (Lipinski definition) is 2. The number of carbonyl (C=O) groups is 2. The maximum absolute atomic E-state index is 12.0. The van der Waals surface area contributed by atoms with E-state index in [4.69, 9.17) is 0 Å². The molecule has 214 valence electrons. The van der Waals surface area contributed by atoms with E-state index in [1.54, 1.807) is 0 Å². The number of carboxylic acid groups (broad SMARTS) is 1. The number of nitrogens with one attached hydrogen (secondary N) is 1. The summed E-state index contributed by atoms with van der Waals surface area (Å²) in [6.07, 6.45) is 31.5. The Morgan fingerprint density at radius 3 is 1.28 bits per heavy atom. The van der Waals surface area contributed by atoms with E-state index >= 15 is 0 Å². The molecule has 0 aromatic rings. The van der Waals surface area contributed by atoms with E-state index in [9.17, 15) is 14.7 Å². The van der Waals surface area contributed by atoms with Crippen LogP contribution in [0, 0.1) is 5.92 Å². The molecule has 0 rings (SSSR count). The van der Waals surface area contributed by atoms with Gasteiger partial charge in [0, 0.05) is 13.0 Å². The number of unbranched alkanes of at least 4 members (excludes halogenated alkanes) is 21. The summed E-state index contributed by atoms with van der Waals surface area (Å²) in [6.45, 7) is 5.01. The standard InChI is InChI=1S/C32H63NO3/c1-3-5-7-9-11-13-14-15-16-17-19-20-22-24-26-30(32(35)36)28-29-33-31(34)27-25-23-21-18-12-10-8-6-4-2/h30H,3-29H2,1-2H3,(H,33,34)(H,35,36). The molecule has 1 unspecified atom stereocenters. The average Bonchev–Trinajstić information content (AvgIpc) is 2.86. The maximum Gasteiger partial charge on any atom is 0.306 e. The highest BCUT2D eigenvalue weighted by Crippen LogP contribution is 2.17. The maximum atomic E-state index is 12.0. The predicted molar refractivity (Wildman–Crippen MR) is 156 cm³/mol. The van der Waals surface area contributed by atoms with Gasteiger partial charge in [-0.3, -0.25) is 9.59 Å². The van der Waals surface area contributed by atoms with E-state index in [0.29, 0.717) is 19.4 Å². The third kappa shape index (κ3) is 26.0. The summed E-state index contributed by atoms with van der Waals surface area (Å²) in [5.74, 6) is -0.952. The van der Waals surface area contributed by atoms with Gasteiger partial charge in [-0.2, -0.15) is 0 Å². The van der Waals surface area contributed by atoms with Gasteiger partial charge in [-0.25, -0.2) is 0 Å². The lowest BCUT2D eigenvalue weighted by atomic mass is 9.97. The minimum atomic E-state index is -0.710. The van der Waals surface area contributed by atoms with Crippen molar-refractivity contribution in [2.75, 3.05) is 6.54 Å². The van der Waals surface area contributed by atoms with Crippen LogP contribution in [0.5, 0.6) is 0 Å². The van der Waals surface area contributed by atoms with Crippen LogP contribution in [0.3, 0.4) is 0 Å². The Morgan fingerprint density at radius 1 is 0.528 bits per heavy atom. The van der Waals surface area contributed by atoms with Gasteiger partial charge in [-0.05, 0) is 19.3 Å². The molecule has 4 heteroatoms. The summed E-state index contributed by atoms with van der Waals surface area (Å²) in [5, 5.41) is 12.5. The summed E-state index contributed by atoms with van der Waals surface area (Å²) in [5.41, 5.74) is 0. The number of carboxylic acids is 1. The Labute approximate surface area is 225 Å². The van der Waals surface area contributed by atoms with Gasteiger partial charge in [0.1, 0.15) is 0 Å². The molecule has 1 atom stereocenters. The Morgan fingerprint density at radius 2 is 0.889 bits per heavy atom.